The van der Waals surface area contributed by atoms with Crippen molar-refractivity contribution in [3.63, 3.8) is 0 Å². The minimum Gasteiger partial charge on any atom is -0.321 e. The Hall–Kier alpha value is -2.31. The molecule has 1 aromatic heterocycles. The van der Waals surface area contributed by atoms with E-state index >= 15 is 0 Å². The van der Waals surface area contributed by atoms with Gasteiger partial charge in [-0.05, 0) is 30.7 Å². The van der Waals surface area contributed by atoms with Crippen LogP contribution in [0.4, 0.5) is 14.5 Å². The van der Waals surface area contributed by atoms with E-state index in [9.17, 15) is 13.6 Å². The summed E-state index contributed by atoms with van der Waals surface area (Å²) in [5.74, 6) is -0.595. The Morgan fingerprint density at radius 2 is 1.84 bits per heavy atom. The van der Waals surface area contributed by atoms with Gasteiger partial charge in [0.1, 0.15) is 10.6 Å². The normalized spacial score (nSPS) is 10.9. The standard InChI is InChI=1S/C18H13ClF2N2OS/c1-10-22-15(17(20)21)16(25-10)18(24)23-14-5-3-2-4-13(14)11-6-8-12(19)9-7-11/h2-9,17H,1H3,(H,23,24). The number of thiazole rings is 1. The number of anilines is 1. The number of nitrogens with zero attached hydrogens (tertiary/aromatic N) is 1. The third kappa shape index (κ3) is 3.86. The molecule has 0 saturated carbocycles. The van der Waals surface area contributed by atoms with Gasteiger partial charge in [0.25, 0.3) is 12.3 Å². The van der Waals surface area contributed by atoms with E-state index in [0.717, 1.165) is 22.5 Å². The zero-order chi connectivity index (χ0) is 18.0. The maximum absolute atomic E-state index is 13.1. The number of carbonyl (C=O) groups excluding carboxylic acids is 1. The van der Waals surface area contributed by atoms with Crippen molar-refractivity contribution in [2.75, 3.05) is 5.32 Å². The second-order valence-corrected chi connectivity index (χ2v) is 6.89. The van der Waals surface area contributed by atoms with Crippen LogP contribution in [0.1, 0.15) is 26.8 Å². The molecule has 3 aromatic rings. The summed E-state index contributed by atoms with van der Waals surface area (Å²) in [7, 11) is 0. The molecule has 1 heterocycles. The number of halogens is 3. The van der Waals surface area contributed by atoms with E-state index in [1.165, 1.54) is 0 Å². The molecule has 2 aromatic carbocycles. The molecule has 0 saturated heterocycles. The average Bonchev–Trinajstić information content (AvgIpc) is 2.99. The van der Waals surface area contributed by atoms with Gasteiger partial charge in [-0.2, -0.15) is 0 Å². The maximum Gasteiger partial charge on any atom is 0.282 e. The van der Waals surface area contributed by atoms with Crippen LogP contribution in [0.15, 0.2) is 48.5 Å². The Balaban J connectivity index is 1.94. The number of hydrogen-bond acceptors (Lipinski definition) is 3. The molecular formula is C18H13ClF2N2OS. The first-order valence-electron chi connectivity index (χ1n) is 7.37. The summed E-state index contributed by atoms with van der Waals surface area (Å²) in [6.07, 6.45) is -2.79. The van der Waals surface area contributed by atoms with Gasteiger partial charge in [0.05, 0.1) is 5.01 Å². The Morgan fingerprint density at radius 3 is 2.52 bits per heavy atom. The lowest BCUT2D eigenvalue weighted by Crippen LogP contribution is -2.13. The third-order valence-corrected chi connectivity index (χ3v) is 4.74. The number of aromatic nitrogens is 1. The Labute approximate surface area is 152 Å². The van der Waals surface area contributed by atoms with Crippen LogP contribution in [0.25, 0.3) is 11.1 Å². The van der Waals surface area contributed by atoms with Crippen LogP contribution in [-0.4, -0.2) is 10.9 Å². The van der Waals surface area contributed by atoms with Crippen LogP contribution >= 0.6 is 22.9 Å². The predicted molar refractivity (Wildman–Crippen MR) is 96.6 cm³/mol. The van der Waals surface area contributed by atoms with Gasteiger partial charge in [-0.25, -0.2) is 13.8 Å². The monoisotopic (exact) mass is 378 g/mol. The van der Waals surface area contributed by atoms with Crippen molar-refractivity contribution in [2.24, 2.45) is 0 Å². The van der Waals surface area contributed by atoms with Crippen LogP contribution in [0.2, 0.25) is 5.02 Å². The molecule has 25 heavy (non-hydrogen) atoms. The fourth-order valence-electron chi connectivity index (χ4n) is 2.41. The van der Waals surface area contributed by atoms with Gasteiger partial charge in [-0.1, -0.05) is 41.9 Å². The van der Waals surface area contributed by atoms with E-state index in [2.05, 4.69) is 10.3 Å². The minimum atomic E-state index is -2.79. The topological polar surface area (TPSA) is 42.0 Å². The highest BCUT2D eigenvalue weighted by atomic mass is 35.5. The van der Waals surface area contributed by atoms with Crippen molar-refractivity contribution in [3.8, 4) is 11.1 Å². The second-order valence-electron chi connectivity index (χ2n) is 5.25. The highest BCUT2D eigenvalue weighted by molar-refractivity contribution is 7.13. The average molecular weight is 379 g/mol. The van der Waals surface area contributed by atoms with Gasteiger partial charge in [-0.15, -0.1) is 11.3 Å². The number of rotatable bonds is 4. The van der Waals surface area contributed by atoms with Crippen molar-refractivity contribution < 1.29 is 13.6 Å². The van der Waals surface area contributed by atoms with E-state index in [-0.39, 0.29) is 4.88 Å². The van der Waals surface area contributed by atoms with Crippen molar-refractivity contribution in [2.45, 2.75) is 13.3 Å². The maximum atomic E-state index is 13.1. The van der Waals surface area contributed by atoms with E-state index in [1.807, 2.05) is 24.3 Å². The van der Waals surface area contributed by atoms with Gasteiger partial charge in [0, 0.05) is 16.3 Å². The molecule has 0 atom stereocenters. The zero-order valence-electron chi connectivity index (χ0n) is 13.1. The first-order chi connectivity index (χ1) is 12.0. The van der Waals surface area contributed by atoms with Gasteiger partial charge in [0.15, 0.2) is 0 Å². The zero-order valence-corrected chi connectivity index (χ0v) is 14.7. The highest BCUT2D eigenvalue weighted by Crippen LogP contribution is 2.31. The predicted octanol–water partition coefficient (Wildman–Crippen LogP) is 5.96. The molecule has 0 bridgehead atoms. The second kappa shape index (κ2) is 7.29. The van der Waals surface area contributed by atoms with Crippen LogP contribution in [0.3, 0.4) is 0 Å². The molecule has 0 aliphatic carbocycles. The summed E-state index contributed by atoms with van der Waals surface area (Å²) >= 11 is 6.86. The van der Waals surface area contributed by atoms with Gasteiger partial charge >= 0.3 is 0 Å². The first-order valence-corrected chi connectivity index (χ1v) is 8.57. The lowest BCUT2D eigenvalue weighted by Gasteiger charge is -2.11. The molecular weight excluding hydrogens is 366 g/mol. The summed E-state index contributed by atoms with van der Waals surface area (Å²) in [5, 5.41) is 3.74. The first kappa shape index (κ1) is 17.5. The van der Waals surface area contributed by atoms with Crippen LogP contribution in [0, 0.1) is 6.92 Å². The number of hydrogen-bond donors (Lipinski definition) is 1. The Kier molecular flexibility index (Phi) is 5.11. The molecule has 0 radical (unpaired) electrons. The van der Waals surface area contributed by atoms with E-state index in [4.69, 9.17) is 11.6 Å². The van der Waals surface area contributed by atoms with Gasteiger partial charge in [-0.3, -0.25) is 4.79 Å². The summed E-state index contributed by atoms with van der Waals surface area (Å²) < 4.78 is 26.1. The Morgan fingerprint density at radius 1 is 1.16 bits per heavy atom. The summed E-state index contributed by atoms with van der Waals surface area (Å²) in [5.41, 5.74) is 1.67. The van der Waals surface area contributed by atoms with Crippen LogP contribution in [0.5, 0.6) is 0 Å². The fourth-order valence-corrected chi connectivity index (χ4v) is 3.35. The van der Waals surface area contributed by atoms with Gasteiger partial charge < -0.3 is 5.32 Å². The number of benzene rings is 2. The molecule has 128 valence electrons. The molecule has 0 fully saturated rings. The fraction of sp³-hybridized carbons (Fsp3) is 0.111. The SMILES string of the molecule is Cc1nc(C(F)F)c(C(=O)Nc2ccccc2-c2ccc(Cl)cc2)s1. The molecule has 3 nitrogen and oxygen atoms in total. The van der Waals surface area contributed by atoms with Crippen molar-refractivity contribution >= 4 is 34.5 Å². The molecule has 3 rings (SSSR count). The summed E-state index contributed by atoms with van der Waals surface area (Å²) in [4.78, 5) is 16.2. The number of aryl methyl sites for hydroxylation is 1. The molecule has 0 aliphatic heterocycles. The van der Waals surface area contributed by atoms with Gasteiger partial charge in [0.2, 0.25) is 0 Å². The minimum absolute atomic E-state index is 0.0709. The third-order valence-electron chi connectivity index (χ3n) is 3.50. The van der Waals surface area contributed by atoms with Crippen LogP contribution in [-0.2, 0) is 0 Å². The van der Waals surface area contributed by atoms with E-state index < -0.39 is 18.0 Å². The largest absolute Gasteiger partial charge is 0.321 e. The Bertz CT molecular complexity index is 910. The summed E-state index contributed by atoms with van der Waals surface area (Å²) in [6.45, 7) is 1.59. The van der Waals surface area contributed by atoms with E-state index in [1.54, 1.807) is 31.2 Å². The number of carbonyl (C=O) groups is 1. The van der Waals surface area contributed by atoms with Crippen molar-refractivity contribution in [3.05, 3.63) is 69.1 Å². The van der Waals surface area contributed by atoms with Crippen molar-refractivity contribution in [1.29, 1.82) is 0 Å². The molecule has 0 aliphatic rings. The molecule has 1 amide bonds. The molecule has 0 unspecified atom stereocenters. The number of nitrogens with one attached hydrogen (secondary N) is 1. The quantitative estimate of drug-likeness (QED) is 0.608. The summed E-state index contributed by atoms with van der Waals surface area (Å²) in [6, 6.07) is 14.3. The molecule has 1 N–H and O–H groups in total. The number of amides is 1. The lowest BCUT2D eigenvalue weighted by molar-refractivity contribution is 0.101. The van der Waals surface area contributed by atoms with Crippen LogP contribution < -0.4 is 5.32 Å². The molecule has 0 spiro atoms. The highest BCUT2D eigenvalue weighted by Gasteiger charge is 2.24. The number of para-hydroxylation sites is 1. The molecule has 7 heteroatoms. The van der Waals surface area contributed by atoms with E-state index in [0.29, 0.717) is 15.7 Å². The number of alkyl halides is 2. The van der Waals surface area contributed by atoms with Crippen molar-refractivity contribution in [1.82, 2.24) is 4.98 Å². The smallest absolute Gasteiger partial charge is 0.282 e. The lowest BCUT2D eigenvalue weighted by atomic mass is 10.0.